The zero-order chi connectivity index (χ0) is 20.0. The van der Waals surface area contributed by atoms with Crippen LogP contribution in [0.15, 0.2) is 11.1 Å². The van der Waals surface area contributed by atoms with E-state index in [0.29, 0.717) is 0 Å². The summed E-state index contributed by atoms with van der Waals surface area (Å²) in [5, 5.41) is 10.0. The number of nitrogen functional groups attached to an aromatic ring is 1. The maximum atomic E-state index is 11.8. The van der Waals surface area contributed by atoms with Gasteiger partial charge in [-0.05, 0) is 0 Å². The molecule has 5 unspecified atom stereocenters. The minimum atomic E-state index is -5.57. The molecule has 0 aliphatic carbocycles. The number of aromatic nitrogens is 4. The summed E-state index contributed by atoms with van der Waals surface area (Å²) in [6, 6.07) is 0. The maximum absolute atomic E-state index is 11.8. The van der Waals surface area contributed by atoms with E-state index in [4.69, 9.17) is 15.4 Å². The molecule has 1 aliphatic rings. The van der Waals surface area contributed by atoms with Crippen molar-refractivity contribution >= 4 is 32.8 Å². The quantitative estimate of drug-likeness (QED) is 0.226. The van der Waals surface area contributed by atoms with E-state index < -0.39 is 46.2 Å². The van der Waals surface area contributed by atoms with Crippen molar-refractivity contribution in [2.24, 2.45) is 0 Å². The van der Waals surface area contributed by atoms with Gasteiger partial charge in [-0.2, -0.15) is 4.98 Å². The molecule has 0 radical (unpaired) electrons. The van der Waals surface area contributed by atoms with Crippen LogP contribution < -0.4 is 80.2 Å². The van der Waals surface area contributed by atoms with Gasteiger partial charge in [0.25, 0.3) is 21.2 Å². The number of aliphatic hydroxyl groups is 1. The Morgan fingerprint density at radius 2 is 2.07 bits per heavy atom. The first-order chi connectivity index (χ1) is 12.5. The van der Waals surface area contributed by atoms with Crippen LogP contribution in [0.25, 0.3) is 11.2 Å². The van der Waals surface area contributed by atoms with E-state index in [0.717, 1.165) is 0 Å². The number of phosphoric acid groups is 2. The predicted octanol–water partition coefficient (Wildman–Crippen LogP) is -8.68. The second-order valence-corrected chi connectivity index (χ2v) is 8.24. The molecule has 3 rings (SSSR count). The van der Waals surface area contributed by atoms with Gasteiger partial charge in [0.05, 0.1) is 19.0 Å². The van der Waals surface area contributed by atoms with Crippen LogP contribution in [0.1, 0.15) is 12.6 Å². The largest absolute Gasteiger partial charge is 1.00 e. The summed E-state index contributed by atoms with van der Waals surface area (Å²) >= 11 is 0. The molecule has 29 heavy (non-hydrogen) atoms. The number of rotatable bonds is 6. The summed E-state index contributed by atoms with van der Waals surface area (Å²) in [5.74, 6) is -0.164. The van der Waals surface area contributed by atoms with Gasteiger partial charge < -0.3 is 34.8 Å². The van der Waals surface area contributed by atoms with Crippen LogP contribution in [0.3, 0.4) is 0 Å². The van der Waals surface area contributed by atoms with E-state index in [2.05, 4.69) is 23.8 Å². The smallest absolute Gasteiger partial charge is 0.756 e. The molecule has 2 aromatic heterocycles. The Morgan fingerprint density at radius 1 is 1.41 bits per heavy atom. The zero-order valence-corrected chi connectivity index (χ0v) is 21.0. The molecule has 5 atom stereocenters. The number of fused-ring (bicyclic) bond motifs is 1. The topological polar surface area (TPSA) is 238 Å². The summed E-state index contributed by atoms with van der Waals surface area (Å²) in [5.41, 5.74) is 4.97. The molecule has 150 valence electrons. The minimum Gasteiger partial charge on any atom is -0.756 e. The van der Waals surface area contributed by atoms with E-state index >= 15 is 0 Å². The fourth-order valence-electron chi connectivity index (χ4n) is 2.50. The first-order valence-corrected chi connectivity index (χ1v) is 10.2. The maximum Gasteiger partial charge on any atom is 1.00 e. The monoisotopic (exact) mass is 471 g/mol. The van der Waals surface area contributed by atoms with E-state index in [1.165, 1.54) is 10.9 Å². The average Bonchev–Trinajstić information content (AvgIpc) is 3.06. The molecule has 0 bridgehead atoms. The number of H-pyrrole nitrogens is 1. The molecular formula is C10H13N5Na2O10P2. The molecule has 2 aromatic rings. The number of nitrogens with one attached hydrogen (secondary N) is 1. The third-order valence-electron chi connectivity index (χ3n) is 3.57. The second-order valence-electron chi connectivity index (χ2n) is 5.50. The predicted molar refractivity (Wildman–Crippen MR) is 81.6 cm³/mol. The minimum absolute atomic E-state index is 0. The Labute approximate surface area is 206 Å². The number of nitrogens with zero attached hydrogens (tertiary/aromatic N) is 3. The van der Waals surface area contributed by atoms with E-state index in [1.807, 2.05) is 0 Å². The Hall–Kier alpha value is 0.330. The van der Waals surface area contributed by atoms with Gasteiger partial charge in [0.15, 0.2) is 11.2 Å². The van der Waals surface area contributed by atoms with Gasteiger partial charge in [0.2, 0.25) is 5.95 Å². The second kappa shape index (κ2) is 10.3. The molecule has 15 nitrogen and oxygen atoms in total. The Morgan fingerprint density at radius 3 is 2.69 bits per heavy atom. The number of imidazole rings is 1. The summed E-state index contributed by atoms with van der Waals surface area (Å²) in [7, 11) is -11.0. The molecule has 19 heteroatoms. The number of hydrogen-bond acceptors (Lipinski definition) is 12. The van der Waals surface area contributed by atoms with Crippen molar-refractivity contribution in [1.29, 1.82) is 0 Å². The van der Waals surface area contributed by atoms with Crippen molar-refractivity contribution in [3.8, 4) is 0 Å². The van der Waals surface area contributed by atoms with Crippen molar-refractivity contribution in [3.63, 3.8) is 0 Å². The Bertz CT molecular complexity index is 1010. The van der Waals surface area contributed by atoms with Crippen LogP contribution in [-0.2, 0) is 22.7 Å². The molecule has 0 spiro atoms. The number of phosphoric ester groups is 1. The van der Waals surface area contributed by atoms with Gasteiger partial charge in [-0.15, -0.1) is 0 Å². The molecule has 5 N–H and O–H groups in total. The van der Waals surface area contributed by atoms with E-state index in [9.17, 15) is 28.8 Å². The number of aliphatic hydroxyl groups excluding tert-OH is 1. The van der Waals surface area contributed by atoms with Gasteiger partial charge in [-0.1, -0.05) is 0 Å². The third kappa shape index (κ3) is 6.91. The molecule has 0 amide bonds. The van der Waals surface area contributed by atoms with Gasteiger partial charge >= 0.3 is 59.1 Å². The first-order valence-electron chi connectivity index (χ1n) is 7.22. The van der Waals surface area contributed by atoms with Gasteiger partial charge in [-0.25, -0.2) is 9.29 Å². The summed E-state index contributed by atoms with van der Waals surface area (Å²) in [4.78, 5) is 52.0. The van der Waals surface area contributed by atoms with Crippen LogP contribution in [0.2, 0.25) is 0 Å². The van der Waals surface area contributed by atoms with Crippen molar-refractivity contribution in [2.45, 2.75) is 24.9 Å². The fraction of sp³-hybridized carbons (Fsp3) is 0.500. The SMILES string of the molecule is Nc1nc2c(ncn2C2CC(O)C(COP(=O)([O-])OP(=O)([O-])O)O2)c(=O)[nH]1.[Na+].[Na+]. The van der Waals surface area contributed by atoms with Gasteiger partial charge in [0.1, 0.15) is 12.3 Å². The van der Waals surface area contributed by atoms with Gasteiger partial charge in [0, 0.05) is 6.42 Å². The van der Waals surface area contributed by atoms with Crippen molar-refractivity contribution in [3.05, 3.63) is 16.7 Å². The third-order valence-corrected chi connectivity index (χ3v) is 5.66. The number of ether oxygens (including phenoxy) is 1. The van der Waals surface area contributed by atoms with E-state index in [-0.39, 0.29) is 82.6 Å². The molecule has 0 aromatic carbocycles. The number of nitrogens with two attached hydrogens (primary N) is 1. The van der Waals surface area contributed by atoms with Crippen molar-refractivity contribution in [1.82, 2.24) is 19.5 Å². The molecular weight excluding hydrogens is 458 g/mol. The number of aromatic amines is 1. The van der Waals surface area contributed by atoms with Gasteiger partial charge in [-0.3, -0.25) is 23.5 Å². The van der Waals surface area contributed by atoms with Crippen LogP contribution in [-0.4, -0.2) is 48.3 Å². The zero-order valence-electron chi connectivity index (χ0n) is 15.2. The molecule has 0 saturated carbocycles. The van der Waals surface area contributed by atoms with Crippen LogP contribution in [0, 0.1) is 0 Å². The van der Waals surface area contributed by atoms with Crippen LogP contribution in [0.4, 0.5) is 5.95 Å². The average molecular weight is 471 g/mol. The first kappa shape index (κ1) is 27.4. The number of anilines is 1. The van der Waals surface area contributed by atoms with Crippen molar-refractivity contribution < 1.29 is 102 Å². The summed E-state index contributed by atoms with van der Waals surface area (Å²) in [6.45, 7) is -0.790. The molecule has 1 fully saturated rings. The van der Waals surface area contributed by atoms with Crippen LogP contribution in [0.5, 0.6) is 0 Å². The number of hydrogen-bond donors (Lipinski definition) is 4. The Balaban J connectivity index is 0.00000210. The summed E-state index contributed by atoms with van der Waals surface area (Å²) < 4.78 is 36.3. The molecule has 1 saturated heterocycles. The normalized spacial score (nSPS) is 25.6. The van der Waals surface area contributed by atoms with Crippen molar-refractivity contribution in [2.75, 3.05) is 12.3 Å². The fourth-order valence-corrected chi connectivity index (χ4v) is 4.03. The van der Waals surface area contributed by atoms with Crippen LogP contribution >= 0.6 is 15.6 Å². The standard InChI is InChI=1S/C10H15N5O10P2.2Na/c11-10-13-8-7(9(17)14-10)12-3-15(8)6-1-4(16)5(24-6)2-23-27(21,22)25-26(18,19)20;;/h3-6,16H,1-2H2,(H,21,22)(H2,18,19,20)(H3,11,13,14,17);;/q;2*+1/p-2. The Kier molecular flexibility index (Phi) is 9.72. The summed E-state index contributed by atoms with van der Waals surface area (Å²) in [6.07, 6.45) is -2.10. The van der Waals surface area contributed by atoms with E-state index in [1.54, 1.807) is 0 Å². The molecule has 3 heterocycles. The molecule has 1 aliphatic heterocycles.